The highest BCUT2D eigenvalue weighted by Crippen LogP contribution is 2.19. The van der Waals surface area contributed by atoms with Crippen LogP contribution in [0, 0.1) is 0 Å². The summed E-state index contributed by atoms with van der Waals surface area (Å²) in [5.74, 6) is -1.90. The zero-order chi connectivity index (χ0) is 14.5. The van der Waals surface area contributed by atoms with Gasteiger partial charge in [-0.25, -0.2) is 0 Å². The molecule has 20 heavy (non-hydrogen) atoms. The van der Waals surface area contributed by atoms with Crippen molar-refractivity contribution in [1.82, 2.24) is 4.90 Å². The van der Waals surface area contributed by atoms with E-state index in [1.165, 1.54) is 4.90 Å². The Labute approximate surface area is 116 Å². The number of aldehydes is 1. The topological polar surface area (TPSA) is 72.9 Å². The molecule has 2 rings (SSSR count). The minimum absolute atomic E-state index is 0.0219. The molecule has 1 fully saturated rings. The summed E-state index contributed by atoms with van der Waals surface area (Å²) in [6, 6.07) is 8.74. The summed E-state index contributed by atoms with van der Waals surface area (Å²) >= 11 is 0. The monoisotopic (exact) mass is 275 g/mol. The van der Waals surface area contributed by atoms with Gasteiger partial charge in [-0.05, 0) is 12.6 Å². The molecular weight excluding hydrogens is 261 g/mol. The minimum Gasteiger partial charge on any atom is -0.498 e. The number of carbonyl (C=O) groups excluding carboxylic acids is 3. The Morgan fingerprint density at radius 2 is 1.70 bits per heavy atom. The van der Waals surface area contributed by atoms with Crippen LogP contribution >= 0.6 is 0 Å². The molecule has 1 atom stereocenters. The average Bonchev–Trinajstić information content (AvgIpc) is 2.38. The fraction of sp³-hybridized carbons (Fsp3) is 0.308. The Morgan fingerprint density at radius 3 is 2.20 bits per heavy atom. The number of hydrogen-bond donors (Lipinski definition) is 0. The third-order valence-corrected chi connectivity index (χ3v) is 2.92. The van der Waals surface area contributed by atoms with E-state index >= 15 is 0 Å². The maximum Gasteiger partial charge on any atom is 0.614 e. The van der Waals surface area contributed by atoms with E-state index in [0.29, 0.717) is 11.8 Å². The van der Waals surface area contributed by atoms with E-state index in [9.17, 15) is 14.4 Å². The normalized spacial score (nSPS) is 18.6. The third kappa shape index (κ3) is 3.45. The van der Waals surface area contributed by atoms with Gasteiger partial charge in [-0.2, -0.15) is 0 Å². The summed E-state index contributed by atoms with van der Waals surface area (Å²) in [7, 11) is 0.389. The molecule has 1 aromatic carbocycles. The summed E-state index contributed by atoms with van der Waals surface area (Å²) in [5.41, 5.74) is 0.627. The van der Waals surface area contributed by atoms with E-state index in [1.807, 2.05) is 0 Å². The van der Waals surface area contributed by atoms with Crippen molar-refractivity contribution >= 4 is 25.3 Å². The highest BCUT2D eigenvalue weighted by atomic mass is 16.6. The Morgan fingerprint density at radius 1 is 1.15 bits per heavy atom. The highest BCUT2D eigenvalue weighted by molar-refractivity contribution is 6.54. The molecule has 1 heterocycles. The molecule has 1 unspecified atom stereocenters. The lowest BCUT2D eigenvalue weighted by Crippen LogP contribution is -2.45. The van der Waals surface area contributed by atoms with Gasteiger partial charge in [0.1, 0.15) is 12.1 Å². The largest absolute Gasteiger partial charge is 0.614 e. The zero-order valence-corrected chi connectivity index (χ0v) is 11.0. The first-order valence-corrected chi connectivity index (χ1v) is 6.18. The van der Waals surface area contributed by atoms with Crippen molar-refractivity contribution in [2.45, 2.75) is 5.82 Å². The van der Waals surface area contributed by atoms with E-state index in [2.05, 4.69) is 0 Å². The third-order valence-electron chi connectivity index (χ3n) is 2.92. The first-order valence-electron chi connectivity index (χ1n) is 6.18. The van der Waals surface area contributed by atoms with Crippen LogP contribution in [0.4, 0.5) is 0 Å². The maximum absolute atomic E-state index is 11.6. The molecule has 0 aromatic heterocycles. The van der Waals surface area contributed by atoms with Crippen molar-refractivity contribution < 1.29 is 23.7 Å². The zero-order valence-electron chi connectivity index (χ0n) is 11.0. The van der Waals surface area contributed by atoms with Crippen molar-refractivity contribution in [3.05, 3.63) is 35.9 Å². The van der Waals surface area contributed by atoms with Gasteiger partial charge in [0, 0.05) is 0 Å². The fourth-order valence-electron chi connectivity index (χ4n) is 1.98. The molecule has 7 heteroatoms. The molecule has 0 N–H and O–H groups in total. The molecule has 0 aliphatic carbocycles. The molecule has 0 amide bonds. The van der Waals surface area contributed by atoms with Crippen LogP contribution in [-0.4, -0.2) is 50.4 Å². The smallest absolute Gasteiger partial charge is 0.498 e. The number of hydrogen-bond acceptors (Lipinski definition) is 6. The Bertz CT molecular complexity index is 487. The summed E-state index contributed by atoms with van der Waals surface area (Å²) in [6.45, 7) is -0.0437. The molecule has 0 radical (unpaired) electrons. The molecule has 1 aliphatic heterocycles. The van der Waals surface area contributed by atoms with Gasteiger partial charge in [0.2, 0.25) is 0 Å². The van der Waals surface area contributed by atoms with Gasteiger partial charge in [-0.1, -0.05) is 30.3 Å². The van der Waals surface area contributed by atoms with Crippen LogP contribution in [-0.2, 0) is 23.7 Å². The van der Waals surface area contributed by atoms with Crippen LogP contribution in [0.15, 0.2) is 30.3 Å². The summed E-state index contributed by atoms with van der Waals surface area (Å²) in [4.78, 5) is 36.1. The second-order valence-corrected chi connectivity index (χ2v) is 4.59. The molecular formula is C13H14BNO5. The first-order chi connectivity index (χ1) is 9.60. The van der Waals surface area contributed by atoms with Gasteiger partial charge >= 0.3 is 19.1 Å². The SMILES string of the molecule is CN1CC(=O)OB(C(C=O)c2ccccc2)OC(=O)C1. The van der Waals surface area contributed by atoms with Crippen LogP contribution in [0.2, 0.25) is 0 Å². The molecule has 0 saturated carbocycles. The van der Waals surface area contributed by atoms with E-state index < -0.39 is 24.9 Å². The first kappa shape index (κ1) is 14.3. The minimum atomic E-state index is -1.22. The number of rotatable bonds is 3. The highest BCUT2D eigenvalue weighted by Gasteiger charge is 2.40. The van der Waals surface area contributed by atoms with Crippen LogP contribution < -0.4 is 0 Å². The lowest BCUT2D eigenvalue weighted by atomic mass is 9.68. The van der Waals surface area contributed by atoms with Crippen molar-refractivity contribution in [2.24, 2.45) is 0 Å². The predicted molar refractivity (Wildman–Crippen MR) is 70.7 cm³/mol. The summed E-state index contributed by atoms with van der Waals surface area (Å²) in [6.07, 6.45) is 0.617. The number of nitrogens with zero attached hydrogens (tertiary/aromatic N) is 1. The van der Waals surface area contributed by atoms with Gasteiger partial charge in [-0.3, -0.25) is 14.5 Å². The Balaban J connectivity index is 2.21. The number of benzene rings is 1. The molecule has 1 saturated heterocycles. The number of carbonyl (C=O) groups is 3. The van der Waals surface area contributed by atoms with Gasteiger partial charge in [-0.15, -0.1) is 0 Å². The van der Waals surface area contributed by atoms with Crippen molar-refractivity contribution in [3.8, 4) is 0 Å². The fourth-order valence-corrected chi connectivity index (χ4v) is 1.98. The molecule has 0 bridgehead atoms. The van der Waals surface area contributed by atoms with Crippen molar-refractivity contribution in [3.63, 3.8) is 0 Å². The predicted octanol–water partition coefficient (Wildman–Crippen LogP) is 0.0283. The van der Waals surface area contributed by atoms with E-state index in [-0.39, 0.29) is 13.1 Å². The van der Waals surface area contributed by atoms with Crippen molar-refractivity contribution in [2.75, 3.05) is 20.1 Å². The van der Waals surface area contributed by atoms with Crippen LogP contribution in [0.25, 0.3) is 0 Å². The standard InChI is InChI=1S/C13H14BNO5/c1-15-7-12(17)19-14(20-13(18)8-15)11(9-16)10-5-3-2-4-6-10/h2-6,9,11H,7-8H2,1H3. The van der Waals surface area contributed by atoms with Crippen LogP contribution in [0.3, 0.4) is 0 Å². The van der Waals surface area contributed by atoms with Gasteiger partial charge in [0.25, 0.3) is 0 Å². The lowest BCUT2D eigenvalue weighted by molar-refractivity contribution is -0.145. The molecule has 6 nitrogen and oxygen atoms in total. The van der Waals surface area contributed by atoms with Gasteiger partial charge < -0.3 is 14.1 Å². The second-order valence-electron chi connectivity index (χ2n) is 4.59. The molecule has 104 valence electrons. The summed E-state index contributed by atoms with van der Waals surface area (Å²) < 4.78 is 10.2. The van der Waals surface area contributed by atoms with E-state index in [0.717, 1.165) is 0 Å². The molecule has 0 spiro atoms. The average molecular weight is 275 g/mol. The van der Waals surface area contributed by atoms with Gasteiger partial charge in [0.05, 0.1) is 13.1 Å². The van der Waals surface area contributed by atoms with Crippen LogP contribution in [0.1, 0.15) is 11.4 Å². The van der Waals surface area contributed by atoms with Crippen molar-refractivity contribution in [1.29, 1.82) is 0 Å². The Hall–Kier alpha value is -2.15. The second kappa shape index (κ2) is 6.34. The molecule has 1 aromatic rings. The summed E-state index contributed by atoms with van der Waals surface area (Å²) in [5, 5.41) is 0. The lowest BCUT2D eigenvalue weighted by Gasteiger charge is -2.24. The van der Waals surface area contributed by atoms with Gasteiger partial charge in [0.15, 0.2) is 0 Å². The van der Waals surface area contributed by atoms with E-state index in [4.69, 9.17) is 9.31 Å². The quantitative estimate of drug-likeness (QED) is 0.572. The number of likely N-dealkylation sites (N-methyl/N-ethyl adjacent to an activating group) is 1. The maximum atomic E-state index is 11.6. The molecule has 1 aliphatic rings. The van der Waals surface area contributed by atoms with E-state index in [1.54, 1.807) is 37.4 Å². The Kier molecular flexibility index (Phi) is 4.52. The van der Waals surface area contributed by atoms with Crippen LogP contribution in [0.5, 0.6) is 0 Å².